The van der Waals surface area contributed by atoms with Crippen LogP contribution in [0.3, 0.4) is 0 Å². The minimum absolute atomic E-state index is 0. The van der Waals surface area contributed by atoms with Gasteiger partial charge in [-0.1, -0.05) is 18.2 Å². The predicted octanol–water partition coefficient (Wildman–Crippen LogP) is 3.48. The number of benzene rings is 1. The molecule has 0 aromatic heterocycles. The van der Waals surface area contributed by atoms with Crippen LogP contribution in [0.2, 0.25) is 0 Å². The van der Waals surface area contributed by atoms with Crippen LogP contribution in [0.25, 0.3) is 0 Å². The van der Waals surface area contributed by atoms with Gasteiger partial charge in [0.2, 0.25) is 0 Å². The molecule has 0 bridgehead atoms. The number of likely N-dealkylation sites (tertiary alicyclic amines) is 1. The first-order valence-corrected chi connectivity index (χ1v) is 10.7. The molecule has 2 N–H and O–H groups in total. The van der Waals surface area contributed by atoms with Gasteiger partial charge in [-0.25, -0.2) is 0 Å². The molecule has 1 aromatic rings. The SMILES string of the molecule is CCNC(=NCC(C)N1CCc2ccccc21)NC1CCN(C(C)C)CC1.I. The summed E-state index contributed by atoms with van der Waals surface area (Å²) in [6.45, 7) is 14.2. The zero-order chi connectivity index (χ0) is 19.2. The van der Waals surface area contributed by atoms with Crippen LogP contribution in [0, 0.1) is 0 Å². The van der Waals surface area contributed by atoms with E-state index in [-0.39, 0.29) is 24.0 Å². The predicted molar refractivity (Wildman–Crippen MR) is 131 cm³/mol. The van der Waals surface area contributed by atoms with Crippen molar-refractivity contribution in [2.24, 2.45) is 4.99 Å². The van der Waals surface area contributed by atoms with Crippen molar-refractivity contribution in [2.45, 2.75) is 65.1 Å². The molecule has 2 heterocycles. The smallest absolute Gasteiger partial charge is 0.191 e. The number of halogens is 1. The molecule has 0 spiro atoms. The molecule has 1 aromatic carbocycles. The van der Waals surface area contributed by atoms with E-state index >= 15 is 0 Å². The Morgan fingerprint density at radius 2 is 1.86 bits per heavy atom. The number of hydrogen-bond acceptors (Lipinski definition) is 3. The summed E-state index contributed by atoms with van der Waals surface area (Å²) in [5, 5.41) is 7.11. The summed E-state index contributed by atoms with van der Waals surface area (Å²) in [5.74, 6) is 0.972. The Bertz CT molecular complexity index is 625. The average molecular weight is 499 g/mol. The van der Waals surface area contributed by atoms with Gasteiger partial charge >= 0.3 is 0 Å². The van der Waals surface area contributed by atoms with Crippen LogP contribution in [0.15, 0.2) is 29.3 Å². The maximum Gasteiger partial charge on any atom is 0.191 e. The van der Waals surface area contributed by atoms with Gasteiger partial charge in [0.1, 0.15) is 0 Å². The monoisotopic (exact) mass is 499 g/mol. The molecular formula is C22H38IN5. The Labute approximate surface area is 188 Å². The first-order chi connectivity index (χ1) is 13.1. The molecule has 28 heavy (non-hydrogen) atoms. The number of rotatable bonds is 6. The van der Waals surface area contributed by atoms with Crippen LogP contribution in [0.4, 0.5) is 5.69 Å². The molecule has 1 unspecified atom stereocenters. The Kier molecular flexibility index (Phi) is 9.34. The van der Waals surface area contributed by atoms with Crippen molar-refractivity contribution in [3.63, 3.8) is 0 Å². The van der Waals surface area contributed by atoms with Crippen molar-refractivity contribution in [2.75, 3.05) is 37.6 Å². The van der Waals surface area contributed by atoms with E-state index in [1.54, 1.807) is 0 Å². The molecular weight excluding hydrogens is 461 g/mol. The van der Waals surface area contributed by atoms with Gasteiger partial charge in [-0.15, -0.1) is 24.0 Å². The lowest BCUT2D eigenvalue weighted by Gasteiger charge is -2.35. The molecule has 5 nitrogen and oxygen atoms in total. The van der Waals surface area contributed by atoms with Crippen molar-refractivity contribution in [1.82, 2.24) is 15.5 Å². The van der Waals surface area contributed by atoms with Crippen LogP contribution < -0.4 is 15.5 Å². The highest BCUT2D eigenvalue weighted by molar-refractivity contribution is 14.0. The second-order valence-corrected chi connectivity index (χ2v) is 8.19. The second kappa shape index (κ2) is 11.2. The Morgan fingerprint density at radius 3 is 2.54 bits per heavy atom. The quantitative estimate of drug-likeness (QED) is 0.358. The summed E-state index contributed by atoms with van der Waals surface area (Å²) in [7, 11) is 0. The van der Waals surface area contributed by atoms with Gasteiger partial charge in [-0.05, 0) is 58.6 Å². The van der Waals surface area contributed by atoms with E-state index in [0.717, 1.165) is 32.0 Å². The van der Waals surface area contributed by atoms with Crippen LogP contribution in [-0.4, -0.2) is 61.7 Å². The summed E-state index contributed by atoms with van der Waals surface area (Å²) >= 11 is 0. The number of para-hydroxylation sites is 1. The molecule has 1 fully saturated rings. The molecule has 3 rings (SSSR count). The summed E-state index contributed by atoms with van der Waals surface area (Å²) in [4.78, 5) is 9.99. The van der Waals surface area contributed by atoms with Gasteiger partial charge in [0.15, 0.2) is 5.96 Å². The Morgan fingerprint density at radius 1 is 1.14 bits per heavy atom. The number of guanidine groups is 1. The van der Waals surface area contributed by atoms with Crippen molar-refractivity contribution in [3.05, 3.63) is 29.8 Å². The van der Waals surface area contributed by atoms with Crippen molar-refractivity contribution >= 4 is 35.6 Å². The minimum atomic E-state index is 0. The van der Waals surface area contributed by atoms with Gasteiger partial charge in [0.05, 0.1) is 6.54 Å². The van der Waals surface area contributed by atoms with Crippen LogP contribution in [0.5, 0.6) is 0 Å². The number of nitrogens with one attached hydrogen (secondary N) is 2. The molecule has 6 heteroatoms. The van der Waals surface area contributed by atoms with Crippen LogP contribution in [-0.2, 0) is 6.42 Å². The van der Waals surface area contributed by atoms with Gasteiger partial charge in [0, 0.05) is 50.0 Å². The van der Waals surface area contributed by atoms with Crippen LogP contribution in [0.1, 0.15) is 46.1 Å². The van der Waals surface area contributed by atoms with E-state index in [2.05, 4.69) is 72.4 Å². The lowest BCUT2D eigenvalue weighted by molar-refractivity contribution is 0.167. The normalized spacial score (nSPS) is 19.3. The number of hydrogen-bond donors (Lipinski definition) is 2. The standard InChI is InChI=1S/C22H37N5.HI/c1-5-23-22(25-20-11-13-26(14-12-20)17(2)3)24-16-18(4)27-15-10-19-8-6-7-9-21(19)27;/h6-9,17-18,20H,5,10-16H2,1-4H3,(H2,23,24,25);1H. The molecule has 2 aliphatic rings. The maximum absolute atomic E-state index is 4.92. The zero-order valence-electron chi connectivity index (χ0n) is 17.9. The zero-order valence-corrected chi connectivity index (χ0v) is 20.3. The van der Waals surface area contributed by atoms with Crippen molar-refractivity contribution in [1.29, 1.82) is 0 Å². The molecule has 2 aliphatic heterocycles. The third kappa shape index (κ3) is 5.99. The fourth-order valence-electron chi connectivity index (χ4n) is 4.22. The lowest BCUT2D eigenvalue weighted by Crippen LogP contribution is -2.50. The van der Waals surface area contributed by atoms with Gasteiger partial charge < -0.3 is 20.4 Å². The molecule has 1 saturated heterocycles. The third-order valence-electron chi connectivity index (χ3n) is 5.91. The van der Waals surface area contributed by atoms with E-state index in [1.807, 2.05) is 0 Å². The molecule has 0 saturated carbocycles. The first-order valence-electron chi connectivity index (χ1n) is 10.7. The number of anilines is 1. The van der Waals surface area contributed by atoms with Gasteiger partial charge in [-0.3, -0.25) is 4.99 Å². The van der Waals surface area contributed by atoms with Gasteiger partial charge in [0.25, 0.3) is 0 Å². The maximum atomic E-state index is 4.92. The summed E-state index contributed by atoms with van der Waals surface area (Å²) < 4.78 is 0. The van der Waals surface area contributed by atoms with E-state index in [1.165, 1.54) is 37.2 Å². The number of aliphatic imine (C=N–C) groups is 1. The highest BCUT2D eigenvalue weighted by Crippen LogP contribution is 2.29. The highest BCUT2D eigenvalue weighted by atomic mass is 127. The summed E-state index contributed by atoms with van der Waals surface area (Å²) in [5.41, 5.74) is 2.86. The minimum Gasteiger partial charge on any atom is -0.366 e. The number of fused-ring (bicyclic) bond motifs is 1. The summed E-state index contributed by atoms with van der Waals surface area (Å²) in [6, 6.07) is 10.4. The molecule has 158 valence electrons. The van der Waals surface area contributed by atoms with E-state index in [4.69, 9.17) is 4.99 Å². The fraction of sp³-hybridized carbons (Fsp3) is 0.682. The third-order valence-corrected chi connectivity index (χ3v) is 5.91. The fourth-order valence-corrected chi connectivity index (χ4v) is 4.22. The number of piperidine rings is 1. The van der Waals surface area contributed by atoms with Gasteiger partial charge in [-0.2, -0.15) is 0 Å². The van der Waals surface area contributed by atoms with E-state index in [9.17, 15) is 0 Å². The Balaban J connectivity index is 0.00000280. The topological polar surface area (TPSA) is 42.9 Å². The van der Waals surface area contributed by atoms with Crippen LogP contribution >= 0.6 is 24.0 Å². The van der Waals surface area contributed by atoms with Crippen molar-refractivity contribution < 1.29 is 0 Å². The van der Waals surface area contributed by atoms with Crippen molar-refractivity contribution in [3.8, 4) is 0 Å². The van der Waals surface area contributed by atoms with E-state index < -0.39 is 0 Å². The summed E-state index contributed by atoms with van der Waals surface area (Å²) in [6.07, 6.45) is 3.53. The second-order valence-electron chi connectivity index (χ2n) is 8.19. The molecule has 0 amide bonds. The lowest BCUT2D eigenvalue weighted by atomic mass is 10.0. The average Bonchev–Trinajstić information content (AvgIpc) is 3.11. The largest absolute Gasteiger partial charge is 0.366 e. The van der Waals surface area contributed by atoms with E-state index in [0.29, 0.717) is 18.1 Å². The number of nitrogens with zero attached hydrogens (tertiary/aromatic N) is 3. The first kappa shape index (κ1) is 23.3. The molecule has 0 radical (unpaired) electrons. The molecule has 0 aliphatic carbocycles. The molecule has 1 atom stereocenters. The highest BCUT2D eigenvalue weighted by Gasteiger charge is 2.24. The Hall–Kier alpha value is -1.02.